The summed E-state index contributed by atoms with van der Waals surface area (Å²) in [5.41, 5.74) is -0.172. The average molecular weight is 341 g/mol. The van der Waals surface area contributed by atoms with E-state index in [2.05, 4.69) is 38.8 Å². The molecule has 1 aliphatic rings. The predicted molar refractivity (Wildman–Crippen MR) is 92.0 cm³/mol. The number of nitrogens with zero attached hydrogens (tertiary/aromatic N) is 4. The number of morpholine rings is 1. The van der Waals surface area contributed by atoms with Crippen molar-refractivity contribution >= 4 is 23.6 Å². The van der Waals surface area contributed by atoms with Gasteiger partial charge in [-0.2, -0.15) is 0 Å². The van der Waals surface area contributed by atoms with E-state index in [1.165, 1.54) is 11.8 Å². The van der Waals surface area contributed by atoms with Crippen molar-refractivity contribution < 1.29 is 9.53 Å². The minimum atomic E-state index is -0.172. The Labute approximate surface area is 142 Å². The summed E-state index contributed by atoms with van der Waals surface area (Å²) in [5, 5.41) is 12.4. The minimum Gasteiger partial charge on any atom is -0.378 e. The Morgan fingerprint density at radius 1 is 1.30 bits per heavy atom. The van der Waals surface area contributed by atoms with E-state index in [0.717, 1.165) is 37.2 Å². The zero-order valence-electron chi connectivity index (χ0n) is 14.5. The first-order valence-corrected chi connectivity index (χ1v) is 9.15. The summed E-state index contributed by atoms with van der Waals surface area (Å²) in [6.45, 7) is 12.1. The largest absolute Gasteiger partial charge is 0.378 e. The van der Waals surface area contributed by atoms with Crippen LogP contribution in [-0.4, -0.2) is 58.3 Å². The quantitative estimate of drug-likeness (QED) is 0.759. The van der Waals surface area contributed by atoms with Gasteiger partial charge in [0, 0.05) is 25.2 Å². The Morgan fingerprint density at radius 3 is 2.61 bits per heavy atom. The van der Waals surface area contributed by atoms with Crippen LogP contribution in [0.5, 0.6) is 0 Å². The summed E-state index contributed by atoms with van der Waals surface area (Å²) in [5.74, 6) is 1.25. The molecule has 2 heterocycles. The molecule has 1 aromatic rings. The fourth-order valence-electron chi connectivity index (χ4n) is 2.29. The SMILES string of the molecule is CCn1c(SCC(=O)NC(C)(C)CC)nnc1N1CCOCC1. The first-order chi connectivity index (χ1) is 11.0. The van der Waals surface area contributed by atoms with E-state index in [-0.39, 0.29) is 11.4 Å². The Hall–Kier alpha value is -1.28. The molecule has 1 saturated heterocycles. The van der Waals surface area contributed by atoms with Crippen molar-refractivity contribution in [3.8, 4) is 0 Å². The van der Waals surface area contributed by atoms with Gasteiger partial charge >= 0.3 is 0 Å². The van der Waals surface area contributed by atoms with E-state index >= 15 is 0 Å². The smallest absolute Gasteiger partial charge is 0.230 e. The minimum absolute atomic E-state index is 0.0282. The molecule has 7 nitrogen and oxygen atoms in total. The Morgan fingerprint density at radius 2 is 2.00 bits per heavy atom. The molecule has 8 heteroatoms. The van der Waals surface area contributed by atoms with Crippen LogP contribution in [-0.2, 0) is 16.1 Å². The summed E-state index contributed by atoms with van der Waals surface area (Å²) in [6.07, 6.45) is 0.899. The second kappa shape index (κ2) is 8.01. The number of rotatable bonds is 7. The van der Waals surface area contributed by atoms with E-state index in [9.17, 15) is 4.79 Å². The van der Waals surface area contributed by atoms with Gasteiger partial charge in [-0.15, -0.1) is 10.2 Å². The maximum atomic E-state index is 12.1. The normalized spacial score (nSPS) is 15.7. The van der Waals surface area contributed by atoms with Crippen molar-refractivity contribution in [1.82, 2.24) is 20.1 Å². The highest BCUT2D eigenvalue weighted by atomic mass is 32.2. The van der Waals surface area contributed by atoms with Crippen LogP contribution in [0.25, 0.3) is 0 Å². The molecule has 0 spiro atoms. The van der Waals surface area contributed by atoms with Gasteiger partial charge < -0.3 is 15.0 Å². The molecule has 0 bridgehead atoms. The van der Waals surface area contributed by atoms with Crippen molar-refractivity contribution in [3.63, 3.8) is 0 Å². The van der Waals surface area contributed by atoms with E-state index in [1.807, 2.05) is 13.8 Å². The van der Waals surface area contributed by atoms with Crippen LogP contribution in [0.15, 0.2) is 5.16 Å². The number of amides is 1. The fraction of sp³-hybridized carbons (Fsp3) is 0.800. The molecule has 0 saturated carbocycles. The van der Waals surface area contributed by atoms with E-state index in [4.69, 9.17) is 4.74 Å². The van der Waals surface area contributed by atoms with Gasteiger partial charge in [0.25, 0.3) is 0 Å². The zero-order chi connectivity index (χ0) is 16.9. The monoisotopic (exact) mass is 341 g/mol. The van der Waals surface area contributed by atoms with Gasteiger partial charge in [0.1, 0.15) is 0 Å². The van der Waals surface area contributed by atoms with E-state index in [1.54, 1.807) is 0 Å². The predicted octanol–water partition coefficient (Wildman–Crippen LogP) is 1.53. The Kier molecular flexibility index (Phi) is 6.29. The zero-order valence-corrected chi connectivity index (χ0v) is 15.3. The molecule has 2 rings (SSSR count). The molecule has 0 atom stereocenters. The number of hydrogen-bond acceptors (Lipinski definition) is 6. The second-order valence-electron chi connectivity index (χ2n) is 6.20. The second-order valence-corrected chi connectivity index (χ2v) is 7.14. The van der Waals surface area contributed by atoms with Crippen LogP contribution < -0.4 is 10.2 Å². The van der Waals surface area contributed by atoms with Gasteiger partial charge in [0.05, 0.1) is 19.0 Å². The number of carbonyl (C=O) groups is 1. The topological polar surface area (TPSA) is 72.3 Å². The van der Waals surface area contributed by atoms with Crippen LogP contribution in [0.3, 0.4) is 0 Å². The molecule has 1 aliphatic heterocycles. The number of nitrogens with one attached hydrogen (secondary N) is 1. The van der Waals surface area contributed by atoms with E-state index < -0.39 is 0 Å². The lowest BCUT2D eigenvalue weighted by atomic mass is 10.0. The molecular weight excluding hydrogens is 314 g/mol. The molecule has 1 aromatic heterocycles. The summed E-state index contributed by atoms with van der Waals surface area (Å²) in [7, 11) is 0. The number of aromatic nitrogens is 3. The lowest BCUT2D eigenvalue weighted by molar-refractivity contribution is -0.120. The summed E-state index contributed by atoms with van der Waals surface area (Å²) in [6, 6.07) is 0. The van der Waals surface area contributed by atoms with Gasteiger partial charge in [0.15, 0.2) is 5.16 Å². The number of anilines is 1. The molecule has 0 aliphatic carbocycles. The first-order valence-electron chi connectivity index (χ1n) is 8.16. The fourth-order valence-corrected chi connectivity index (χ4v) is 3.09. The third-order valence-electron chi connectivity index (χ3n) is 4.00. The molecule has 1 amide bonds. The molecule has 1 N–H and O–H groups in total. The average Bonchev–Trinajstić information content (AvgIpc) is 2.96. The molecule has 0 aromatic carbocycles. The summed E-state index contributed by atoms with van der Waals surface area (Å²) < 4.78 is 7.44. The number of thioether (sulfide) groups is 1. The van der Waals surface area contributed by atoms with Crippen molar-refractivity contribution in [2.45, 2.75) is 51.4 Å². The van der Waals surface area contributed by atoms with Crippen LogP contribution in [0.2, 0.25) is 0 Å². The molecule has 1 fully saturated rings. The highest BCUT2D eigenvalue weighted by molar-refractivity contribution is 7.99. The van der Waals surface area contributed by atoms with Gasteiger partial charge in [-0.1, -0.05) is 18.7 Å². The highest BCUT2D eigenvalue weighted by Crippen LogP contribution is 2.22. The number of carbonyl (C=O) groups excluding carboxylic acids is 1. The van der Waals surface area contributed by atoms with Gasteiger partial charge in [-0.25, -0.2) is 0 Å². The maximum absolute atomic E-state index is 12.1. The number of ether oxygens (including phenoxy) is 1. The van der Waals surface area contributed by atoms with Crippen molar-refractivity contribution in [1.29, 1.82) is 0 Å². The van der Waals surface area contributed by atoms with Gasteiger partial charge in [-0.05, 0) is 27.2 Å². The van der Waals surface area contributed by atoms with Gasteiger partial charge in [-0.3, -0.25) is 9.36 Å². The molecule has 0 unspecified atom stereocenters. The molecular formula is C15H27N5O2S. The van der Waals surface area contributed by atoms with Crippen LogP contribution in [0, 0.1) is 0 Å². The number of hydrogen-bond donors (Lipinski definition) is 1. The third-order valence-corrected chi connectivity index (χ3v) is 4.97. The van der Waals surface area contributed by atoms with Gasteiger partial charge in [0.2, 0.25) is 11.9 Å². The van der Waals surface area contributed by atoms with Crippen LogP contribution >= 0.6 is 11.8 Å². The Balaban J connectivity index is 1.97. The first kappa shape index (κ1) is 18.1. The van der Waals surface area contributed by atoms with Crippen molar-refractivity contribution in [3.05, 3.63) is 0 Å². The summed E-state index contributed by atoms with van der Waals surface area (Å²) in [4.78, 5) is 14.3. The third kappa shape index (κ3) is 4.84. The van der Waals surface area contributed by atoms with E-state index in [0.29, 0.717) is 19.0 Å². The van der Waals surface area contributed by atoms with Crippen LogP contribution in [0.4, 0.5) is 5.95 Å². The van der Waals surface area contributed by atoms with Crippen molar-refractivity contribution in [2.75, 3.05) is 37.0 Å². The summed E-state index contributed by atoms with van der Waals surface area (Å²) >= 11 is 1.44. The lowest BCUT2D eigenvalue weighted by Gasteiger charge is -2.27. The Bertz CT molecular complexity index is 526. The molecule has 130 valence electrons. The standard InChI is InChI=1S/C15H27N5O2S/c1-5-15(3,4)16-12(21)11-23-14-18-17-13(20(14)6-2)19-7-9-22-10-8-19/h5-11H2,1-4H3,(H,16,21). The van der Waals surface area contributed by atoms with Crippen LogP contribution in [0.1, 0.15) is 34.1 Å². The lowest BCUT2D eigenvalue weighted by Crippen LogP contribution is -2.43. The van der Waals surface area contributed by atoms with Crippen molar-refractivity contribution in [2.24, 2.45) is 0 Å². The maximum Gasteiger partial charge on any atom is 0.230 e. The molecule has 23 heavy (non-hydrogen) atoms. The molecule has 0 radical (unpaired) electrons. The highest BCUT2D eigenvalue weighted by Gasteiger charge is 2.21.